The Bertz CT molecular complexity index is 1140. The van der Waals surface area contributed by atoms with Crippen molar-refractivity contribution >= 4 is 17.5 Å². The lowest BCUT2D eigenvalue weighted by atomic mass is 10.00. The molecule has 3 aromatic rings. The SMILES string of the molecule is COc1cc([C@@H](CC(=O)Nc2cccnc2)N2Cc3ccccc3C2=O)cc(OC)c1OC. The maximum atomic E-state index is 13.3. The molecular weight excluding hydrogens is 422 g/mol. The number of methoxy groups -OCH3 is 3. The second-order valence-electron chi connectivity index (χ2n) is 7.56. The van der Waals surface area contributed by atoms with Crippen LogP contribution in [0.4, 0.5) is 5.69 Å². The summed E-state index contributed by atoms with van der Waals surface area (Å²) in [5, 5.41) is 2.85. The molecule has 0 unspecified atom stereocenters. The Morgan fingerprint density at radius 1 is 1.06 bits per heavy atom. The number of pyridine rings is 1. The highest BCUT2D eigenvalue weighted by molar-refractivity contribution is 5.99. The maximum absolute atomic E-state index is 13.3. The molecule has 1 aromatic heterocycles. The molecule has 1 aliphatic heterocycles. The van der Waals surface area contributed by atoms with Crippen molar-refractivity contribution in [1.29, 1.82) is 0 Å². The lowest BCUT2D eigenvalue weighted by Gasteiger charge is -2.29. The van der Waals surface area contributed by atoms with E-state index in [9.17, 15) is 9.59 Å². The largest absolute Gasteiger partial charge is 0.493 e. The van der Waals surface area contributed by atoms with E-state index in [1.54, 1.807) is 47.6 Å². The highest BCUT2D eigenvalue weighted by Gasteiger charge is 2.35. The number of amides is 2. The fraction of sp³-hybridized carbons (Fsp3) is 0.240. The Kier molecular flexibility index (Phi) is 6.44. The zero-order chi connectivity index (χ0) is 23.4. The summed E-state index contributed by atoms with van der Waals surface area (Å²) < 4.78 is 16.4. The van der Waals surface area contributed by atoms with E-state index in [4.69, 9.17) is 14.2 Å². The van der Waals surface area contributed by atoms with Gasteiger partial charge in [-0.2, -0.15) is 0 Å². The predicted octanol–water partition coefficient (Wildman–Crippen LogP) is 3.83. The minimum absolute atomic E-state index is 0.0350. The minimum Gasteiger partial charge on any atom is -0.493 e. The highest BCUT2D eigenvalue weighted by atomic mass is 16.5. The number of hydrogen-bond donors (Lipinski definition) is 1. The molecule has 2 aromatic carbocycles. The summed E-state index contributed by atoms with van der Waals surface area (Å²) in [6.07, 6.45) is 3.24. The van der Waals surface area contributed by atoms with Crippen LogP contribution in [0.15, 0.2) is 60.9 Å². The van der Waals surface area contributed by atoms with Crippen molar-refractivity contribution in [3.63, 3.8) is 0 Å². The Balaban J connectivity index is 1.72. The summed E-state index contributed by atoms with van der Waals surface area (Å²) in [6, 6.07) is 14.0. The van der Waals surface area contributed by atoms with Crippen molar-refractivity contribution in [2.24, 2.45) is 0 Å². The van der Waals surface area contributed by atoms with Crippen LogP contribution in [0.2, 0.25) is 0 Å². The monoisotopic (exact) mass is 447 g/mol. The van der Waals surface area contributed by atoms with Crippen molar-refractivity contribution in [1.82, 2.24) is 9.88 Å². The van der Waals surface area contributed by atoms with Gasteiger partial charge in [-0.25, -0.2) is 0 Å². The maximum Gasteiger partial charge on any atom is 0.255 e. The number of carbonyl (C=O) groups is 2. The number of aromatic nitrogens is 1. The fourth-order valence-electron chi connectivity index (χ4n) is 4.05. The van der Waals surface area contributed by atoms with Gasteiger partial charge in [0.05, 0.1) is 45.7 Å². The Hall–Kier alpha value is -4.07. The van der Waals surface area contributed by atoms with Gasteiger partial charge in [-0.15, -0.1) is 0 Å². The second kappa shape index (κ2) is 9.60. The Morgan fingerprint density at radius 3 is 2.39 bits per heavy atom. The molecule has 8 heteroatoms. The lowest BCUT2D eigenvalue weighted by molar-refractivity contribution is -0.117. The molecule has 33 heavy (non-hydrogen) atoms. The van der Waals surface area contributed by atoms with Crippen molar-refractivity contribution in [3.8, 4) is 17.2 Å². The lowest BCUT2D eigenvalue weighted by Crippen LogP contribution is -2.32. The quantitative estimate of drug-likeness (QED) is 0.564. The molecular formula is C25H25N3O5. The number of nitrogens with zero attached hydrogens (tertiary/aromatic N) is 2. The molecule has 1 aliphatic rings. The first kappa shape index (κ1) is 22.1. The topological polar surface area (TPSA) is 90.0 Å². The molecule has 0 bridgehead atoms. The van der Waals surface area contributed by atoms with E-state index in [2.05, 4.69) is 10.3 Å². The molecule has 0 saturated heterocycles. The van der Waals surface area contributed by atoms with Gasteiger partial charge in [0.2, 0.25) is 11.7 Å². The molecule has 8 nitrogen and oxygen atoms in total. The van der Waals surface area contributed by atoms with Crippen LogP contribution in [0.1, 0.15) is 33.9 Å². The molecule has 1 atom stereocenters. The van der Waals surface area contributed by atoms with Gasteiger partial charge in [0.15, 0.2) is 11.5 Å². The summed E-state index contributed by atoms with van der Waals surface area (Å²) in [5.41, 5.74) is 2.85. The molecule has 0 aliphatic carbocycles. The zero-order valence-corrected chi connectivity index (χ0v) is 18.7. The van der Waals surface area contributed by atoms with E-state index in [1.165, 1.54) is 21.3 Å². The highest BCUT2D eigenvalue weighted by Crippen LogP contribution is 2.43. The van der Waals surface area contributed by atoms with E-state index in [-0.39, 0.29) is 18.2 Å². The van der Waals surface area contributed by atoms with Gasteiger partial charge in [-0.05, 0) is 41.5 Å². The van der Waals surface area contributed by atoms with E-state index in [1.807, 2.05) is 18.2 Å². The van der Waals surface area contributed by atoms with Crippen LogP contribution in [0.25, 0.3) is 0 Å². The van der Waals surface area contributed by atoms with Gasteiger partial charge in [0, 0.05) is 18.3 Å². The number of anilines is 1. The van der Waals surface area contributed by atoms with Gasteiger partial charge in [0.25, 0.3) is 5.91 Å². The van der Waals surface area contributed by atoms with Crippen molar-refractivity contribution in [3.05, 3.63) is 77.6 Å². The first-order chi connectivity index (χ1) is 16.0. The van der Waals surface area contributed by atoms with Crippen LogP contribution in [-0.2, 0) is 11.3 Å². The van der Waals surface area contributed by atoms with Crippen LogP contribution >= 0.6 is 0 Å². The average Bonchev–Trinajstić information content (AvgIpc) is 3.18. The molecule has 2 heterocycles. The molecule has 0 fully saturated rings. The number of fused-ring (bicyclic) bond motifs is 1. The molecule has 4 rings (SSSR count). The van der Waals surface area contributed by atoms with Gasteiger partial charge in [0.1, 0.15) is 0 Å². The van der Waals surface area contributed by atoms with Crippen LogP contribution in [0.3, 0.4) is 0 Å². The summed E-state index contributed by atoms with van der Waals surface area (Å²) in [7, 11) is 4.59. The molecule has 1 N–H and O–H groups in total. The summed E-state index contributed by atoms with van der Waals surface area (Å²) in [6.45, 7) is 0.399. The number of benzene rings is 2. The average molecular weight is 447 g/mol. The fourth-order valence-corrected chi connectivity index (χ4v) is 4.05. The Morgan fingerprint density at radius 2 is 1.79 bits per heavy atom. The molecule has 0 saturated carbocycles. The van der Waals surface area contributed by atoms with Crippen LogP contribution < -0.4 is 19.5 Å². The van der Waals surface area contributed by atoms with E-state index < -0.39 is 6.04 Å². The summed E-state index contributed by atoms with van der Waals surface area (Å²) >= 11 is 0. The normalized spacial score (nSPS) is 13.3. The third-order valence-corrected chi connectivity index (χ3v) is 5.62. The van der Waals surface area contributed by atoms with Crippen molar-refractivity contribution in [2.75, 3.05) is 26.6 Å². The molecule has 2 amide bonds. The zero-order valence-electron chi connectivity index (χ0n) is 18.7. The number of carbonyl (C=O) groups excluding carboxylic acids is 2. The van der Waals surface area contributed by atoms with Gasteiger partial charge in [-0.3, -0.25) is 14.6 Å². The van der Waals surface area contributed by atoms with Gasteiger partial charge in [-0.1, -0.05) is 18.2 Å². The summed E-state index contributed by atoms with van der Waals surface area (Å²) in [4.78, 5) is 32.0. The first-order valence-corrected chi connectivity index (χ1v) is 10.4. The molecule has 0 radical (unpaired) electrons. The predicted molar refractivity (Wildman–Crippen MR) is 123 cm³/mol. The van der Waals surface area contributed by atoms with E-state index in [0.717, 1.165) is 5.56 Å². The second-order valence-corrected chi connectivity index (χ2v) is 7.56. The van der Waals surface area contributed by atoms with Crippen LogP contribution in [-0.4, -0.2) is 43.0 Å². The standard InChI is InChI=1S/C25H25N3O5/c1-31-21-11-17(12-22(32-2)24(21)33-3)20(13-23(29)27-18-8-6-10-26-14-18)28-15-16-7-4-5-9-19(16)25(28)30/h4-12,14,20H,13,15H2,1-3H3,(H,27,29)/t20-/m1/s1. The number of hydrogen-bond acceptors (Lipinski definition) is 6. The third-order valence-electron chi connectivity index (χ3n) is 5.62. The van der Waals surface area contributed by atoms with Crippen molar-refractivity contribution in [2.45, 2.75) is 19.0 Å². The Labute approximate surface area is 192 Å². The number of rotatable bonds is 8. The molecule has 0 spiro atoms. The van der Waals surface area contributed by atoms with Crippen LogP contribution in [0.5, 0.6) is 17.2 Å². The van der Waals surface area contributed by atoms with Crippen molar-refractivity contribution < 1.29 is 23.8 Å². The van der Waals surface area contributed by atoms with E-state index >= 15 is 0 Å². The third kappa shape index (κ3) is 4.45. The first-order valence-electron chi connectivity index (χ1n) is 10.4. The van der Waals surface area contributed by atoms with Crippen LogP contribution in [0, 0.1) is 0 Å². The number of nitrogens with one attached hydrogen (secondary N) is 1. The van der Waals surface area contributed by atoms with Gasteiger partial charge >= 0.3 is 0 Å². The molecule has 170 valence electrons. The smallest absolute Gasteiger partial charge is 0.255 e. The number of ether oxygens (including phenoxy) is 3. The minimum atomic E-state index is -0.560. The summed E-state index contributed by atoms with van der Waals surface area (Å²) in [5.74, 6) is 0.977. The van der Waals surface area contributed by atoms with E-state index in [0.29, 0.717) is 40.6 Å². The van der Waals surface area contributed by atoms with Gasteiger partial charge < -0.3 is 24.4 Å².